The van der Waals surface area contributed by atoms with Gasteiger partial charge < -0.3 is 14.5 Å². The zero-order valence-electron chi connectivity index (χ0n) is 15.3. The fourth-order valence-electron chi connectivity index (χ4n) is 3.30. The van der Waals surface area contributed by atoms with Gasteiger partial charge in [-0.3, -0.25) is 9.69 Å². The minimum Gasteiger partial charge on any atom is -0.465 e. The molecule has 27 heavy (non-hydrogen) atoms. The van der Waals surface area contributed by atoms with Crippen molar-refractivity contribution in [1.82, 2.24) is 25.2 Å². The summed E-state index contributed by atoms with van der Waals surface area (Å²) in [6.45, 7) is 5.47. The first kappa shape index (κ1) is 17.7. The van der Waals surface area contributed by atoms with Crippen molar-refractivity contribution in [1.29, 1.82) is 0 Å². The van der Waals surface area contributed by atoms with Crippen molar-refractivity contribution < 1.29 is 13.9 Å². The Hall–Kier alpha value is -2.71. The summed E-state index contributed by atoms with van der Waals surface area (Å²) in [5.41, 5.74) is 1.56. The van der Waals surface area contributed by atoms with E-state index in [4.69, 9.17) is 9.15 Å². The largest absolute Gasteiger partial charge is 0.465 e. The highest BCUT2D eigenvalue weighted by molar-refractivity contribution is 5.77. The third-order valence-electron chi connectivity index (χ3n) is 4.68. The van der Waals surface area contributed by atoms with Gasteiger partial charge in [0.25, 0.3) is 0 Å². The highest BCUT2D eigenvalue weighted by atomic mass is 16.5. The second-order valence-electron chi connectivity index (χ2n) is 6.64. The normalized spacial score (nSPS) is 16.5. The number of nitrogens with one attached hydrogen (secondary N) is 1. The fourth-order valence-corrected chi connectivity index (χ4v) is 3.30. The van der Waals surface area contributed by atoms with Gasteiger partial charge in [0.15, 0.2) is 0 Å². The molecule has 0 aliphatic carbocycles. The molecule has 0 bridgehead atoms. The number of carbonyl (C=O) groups excluding carboxylic acids is 1. The molecule has 2 aromatic heterocycles. The predicted molar refractivity (Wildman–Crippen MR) is 99.1 cm³/mol. The Bertz CT molecular complexity index is 880. The molecule has 8 nitrogen and oxygen atoms in total. The molecule has 1 amide bonds. The Kier molecular flexibility index (Phi) is 5.17. The number of furan rings is 1. The van der Waals surface area contributed by atoms with Gasteiger partial charge in [-0.05, 0) is 31.2 Å². The summed E-state index contributed by atoms with van der Waals surface area (Å²) >= 11 is 0. The van der Waals surface area contributed by atoms with Crippen molar-refractivity contribution in [2.24, 2.45) is 0 Å². The van der Waals surface area contributed by atoms with Gasteiger partial charge in [0.2, 0.25) is 5.91 Å². The SMILES string of the molecule is Cc1ccc([C@@H](CNC(=O)Cn2nc3ccccc3n2)N2CCOCC2)o1. The lowest BCUT2D eigenvalue weighted by molar-refractivity contribution is -0.122. The van der Waals surface area contributed by atoms with E-state index in [1.807, 2.05) is 43.3 Å². The van der Waals surface area contributed by atoms with E-state index in [9.17, 15) is 4.79 Å². The van der Waals surface area contributed by atoms with E-state index in [0.29, 0.717) is 19.8 Å². The lowest BCUT2D eigenvalue weighted by Crippen LogP contribution is -2.44. The van der Waals surface area contributed by atoms with Crippen molar-refractivity contribution in [3.63, 3.8) is 0 Å². The van der Waals surface area contributed by atoms with Gasteiger partial charge in [0, 0.05) is 19.6 Å². The average Bonchev–Trinajstić information content (AvgIpc) is 3.28. The Morgan fingerprint density at radius 3 is 2.48 bits per heavy atom. The van der Waals surface area contributed by atoms with Crippen LogP contribution in [-0.2, 0) is 16.1 Å². The standard InChI is InChI=1S/C19H23N5O3/c1-14-6-7-18(27-14)17(23-8-10-26-11-9-23)12-20-19(25)13-24-21-15-4-2-3-5-16(15)22-24/h2-7,17H,8-13H2,1H3,(H,20,25)/t17-/m1/s1. The van der Waals surface area contributed by atoms with Crippen LogP contribution in [0.5, 0.6) is 0 Å². The number of carbonyl (C=O) groups is 1. The maximum Gasteiger partial charge on any atom is 0.243 e. The number of hydrogen-bond donors (Lipinski definition) is 1. The summed E-state index contributed by atoms with van der Waals surface area (Å²) in [5, 5.41) is 11.7. The lowest BCUT2D eigenvalue weighted by atomic mass is 10.1. The van der Waals surface area contributed by atoms with Crippen molar-refractivity contribution >= 4 is 16.9 Å². The monoisotopic (exact) mass is 369 g/mol. The first-order chi connectivity index (χ1) is 13.2. The minimum atomic E-state index is -0.128. The van der Waals surface area contributed by atoms with Crippen LogP contribution in [0.25, 0.3) is 11.0 Å². The third-order valence-corrected chi connectivity index (χ3v) is 4.68. The molecule has 142 valence electrons. The van der Waals surface area contributed by atoms with E-state index in [2.05, 4.69) is 20.4 Å². The molecule has 1 fully saturated rings. The molecule has 0 saturated carbocycles. The Labute approximate surface area is 157 Å². The van der Waals surface area contributed by atoms with Crippen LogP contribution in [0.3, 0.4) is 0 Å². The molecule has 1 aromatic carbocycles. The summed E-state index contributed by atoms with van der Waals surface area (Å²) in [4.78, 5) is 16.1. The van der Waals surface area contributed by atoms with Crippen molar-refractivity contribution in [2.75, 3.05) is 32.8 Å². The number of benzene rings is 1. The zero-order chi connectivity index (χ0) is 18.6. The Morgan fingerprint density at radius 2 is 1.85 bits per heavy atom. The number of amides is 1. The number of aromatic nitrogens is 3. The minimum absolute atomic E-state index is 0.0174. The summed E-state index contributed by atoms with van der Waals surface area (Å²) < 4.78 is 11.3. The van der Waals surface area contributed by atoms with Crippen LogP contribution < -0.4 is 5.32 Å². The third kappa shape index (κ3) is 4.17. The van der Waals surface area contributed by atoms with E-state index in [0.717, 1.165) is 35.6 Å². The van der Waals surface area contributed by atoms with E-state index in [1.54, 1.807) is 0 Å². The van der Waals surface area contributed by atoms with E-state index in [1.165, 1.54) is 4.80 Å². The molecular formula is C19H23N5O3. The molecule has 0 radical (unpaired) electrons. The molecule has 0 spiro atoms. The van der Waals surface area contributed by atoms with E-state index < -0.39 is 0 Å². The number of nitrogens with zero attached hydrogens (tertiary/aromatic N) is 4. The van der Waals surface area contributed by atoms with E-state index >= 15 is 0 Å². The second-order valence-corrected chi connectivity index (χ2v) is 6.64. The van der Waals surface area contributed by atoms with E-state index in [-0.39, 0.29) is 18.5 Å². The van der Waals surface area contributed by atoms with Gasteiger partial charge in [-0.1, -0.05) is 12.1 Å². The molecular weight excluding hydrogens is 346 g/mol. The predicted octanol–water partition coefficient (Wildman–Crippen LogP) is 1.52. The maximum absolute atomic E-state index is 12.4. The molecule has 1 aliphatic rings. The van der Waals surface area contributed by atoms with Crippen LogP contribution in [0.15, 0.2) is 40.8 Å². The molecule has 3 heterocycles. The fraction of sp³-hybridized carbons (Fsp3) is 0.421. The number of ether oxygens (including phenoxy) is 1. The quantitative estimate of drug-likeness (QED) is 0.709. The summed E-state index contributed by atoms with van der Waals surface area (Å²) in [5.74, 6) is 1.59. The number of rotatable bonds is 6. The molecule has 8 heteroatoms. The first-order valence-electron chi connectivity index (χ1n) is 9.14. The molecule has 0 unspecified atom stereocenters. The molecule has 1 aliphatic heterocycles. The first-order valence-corrected chi connectivity index (χ1v) is 9.14. The number of aryl methyl sites for hydroxylation is 1. The topological polar surface area (TPSA) is 85.4 Å². The summed E-state index contributed by atoms with van der Waals surface area (Å²) in [7, 11) is 0. The zero-order valence-corrected chi connectivity index (χ0v) is 15.3. The van der Waals surface area contributed by atoms with Crippen molar-refractivity contribution in [3.05, 3.63) is 47.9 Å². The number of morpholine rings is 1. The van der Waals surface area contributed by atoms with Gasteiger partial charge in [-0.2, -0.15) is 15.0 Å². The maximum atomic E-state index is 12.4. The second kappa shape index (κ2) is 7.89. The lowest BCUT2D eigenvalue weighted by Gasteiger charge is -2.33. The number of fused-ring (bicyclic) bond motifs is 1. The average molecular weight is 369 g/mol. The molecule has 3 aromatic rings. The molecule has 4 rings (SSSR count). The van der Waals surface area contributed by atoms with Crippen molar-refractivity contribution in [3.8, 4) is 0 Å². The molecule has 1 N–H and O–H groups in total. The smallest absolute Gasteiger partial charge is 0.243 e. The van der Waals surface area contributed by atoms with Gasteiger partial charge in [-0.15, -0.1) is 0 Å². The molecule has 1 atom stereocenters. The van der Waals surface area contributed by atoms with Crippen LogP contribution in [0.1, 0.15) is 17.6 Å². The van der Waals surface area contributed by atoms with Crippen LogP contribution in [0.2, 0.25) is 0 Å². The highest BCUT2D eigenvalue weighted by Crippen LogP contribution is 2.23. The van der Waals surface area contributed by atoms with Crippen molar-refractivity contribution in [2.45, 2.75) is 19.5 Å². The Balaban J connectivity index is 1.41. The van der Waals surface area contributed by atoms with Gasteiger partial charge in [0.05, 0.1) is 19.3 Å². The Morgan fingerprint density at radius 1 is 1.15 bits per heavy atom. The van der Waals surface area contributed by atoms with Gasteiger partial charge in [-0.25, -0.2) is 0 Å². The van der Waals surface area contributed by atoms with Crippen LogP contribution in [0, 0.1) is 6.92 Å². The summed E-state index contributed by atoms with van der Waals surface area (Å²) in [6, 6.07) is 11.5. The molecule has 1 saturated heterocycles. The highest BCUT2D eigenvalue weighted by Gasteiger charge is 2.25. The number of hydrogen-bond acceptors (Lipinski definition) is 6. The van der Waals surface area contributed by atoms with Gasteiger partial charge in [0.1, 0.15) is 29.1 Å². The van der Waals surface area contributed by atoms with Crippen LogP contribution >= 0.6 is 0 Å². The summed E-state index contributed by atoms with van der Waals surface area (Å²) in [6.07, 6.45) is 0. The van der Waals surface area contributed by atoms with Crippen LogP contribution in [0.4, 0.5) is 0 Å². The van der Waals surface area contributed by atoms with Crippen LogP contribution in [-0.4, -0.2) is 58.6 Å². The van der Waals surface area contributed by atoms with Gasteiger partial charge >= 0.3 is 0 Å².